The van der Waals surface area contributed by atoms with E-state index in [1.807, 2.05) is 24.3 Å². The minimum absolute atomic E-state index is 0.0974. The normalized spacial score (nSPS) is 16.0. The highest BCUT2D eigenvalue weighted by Crippen LogP contribution is 2.51. The Balaban J connectivity index is 1.30. The van der Waals surface area contributed by atoms with Gasteiger partial charge in [-0.25, -0.2) is 17.7 Å². The van der Waals surface area contributed by atoms with E-state index in [-0.39, 0.29) is 17.6 Å². The van der Waals surface area contributed by atoms with E-state index in [0.717, 1.165) is 29.5 Å². The van der Waals surface area contributed by atoms with Crippen molar-refractivity contribution in [2.75, 3.05) is 26.2 Å². The number of carbonyl (C=O) groups is 1. The van der Waals surface area contributed by atoms with Gasteiger partial charge < -0.3 is 14.8 Å². The molecule has 2 aromatic carbocycles. The number of amides is 1. The quantitative estimate of drug-likeness (QED) is 0.599. The van der Waals surface area contributed by atoms with Crippen molar-refractivity contribution < 1.29 is 22.7 Å². The number of benzene rings is 2. The lowest BCUT2D eigenvalue weighted by molar-refractivity contribution is -0.118. The van der Waals surface area contributed by atoms with Crippen LogP contribution in [0.2, 0.25) is 0 Å². The lowest BCUT2D eigenvalue weighted by Crippen LogP contribution is -2.28. The molecule has 5 rings (SSSR count). The van der Waals surface area contributed by atoms with Crippen LogP contribution in [0.15, 0.2) is 65.7 Å². The molecule has 1 aliphatic carbocycles. The average molecular weight is 466 g/mol. The van der Waals surface area contributed by atoms with Gasteiger partial charge in [-0.2, -0.15) is 0 Å². The third-order valence-electron chi connectivity index (χ3n) is 6.08. The zero-order chi connectivity index (χ0) is 23.2. The van der Waals surface area contributed by atoms with E-state index in [9.17, 15) is 13.2 Å². The number of hydrogen-bond acceptors (Lipinski definition) is 6. The number of hydrogen-bond donors (Lipinski definition) is 1. The summed E-state index contributed by atoms with van der Waals surface area (Å²) in [6.45, 7) is 0.197. The summed E-state index contributed by atoms with van der Waals surface area (Å²) in [7, 11) is -0.478. The fourth-order valence-corrected chi connectivity index (χ4v) is 4.77. The zero-order valence-electron chi connectivity index (χ0n) is 18.2. The molecule has 1 amide bonds. The Kier molecular flexibility index (Phi) is 5.10. The minimum atomic E-state index is -3.48. The van der Waals surface area contributed by atoms with Gasteiger partial charge in [0.15, 0.2) is 11.5 Å². The number of ether oxygens (including phenoxy) is 2. The third-order valence-corrected chi connectivity index (χ3v) is 7.91. The van der Waals surface area contributed by atoms with Crippen molar-refractivity contribution in [1.29, 1.82) is 0 Å². The van der Waals surface area contributed by atoms with Gasteiger partial charge in [0.05, 0.1) is 10.3 Å². The van der Waals surface area contributed by atoms with Crippen LogP contribution in [-0.4, -0.2) is 44.5 Å². The van der Waals surface area contributed by atoms with Crippen LogP contribution in [0.25, 0.3) is 11.1 Å². The molecule has 170 valence electrons. The number of fused-ring (bicyclic) bond motifs is 1. The van der Waals surface area contributed by atoms with Gasteiger partial charge in [-0.05, 0) is 60.4 Å². The Morgan fingerprint density at radius 1 is 0.970 bits per heavy atom. The van der Waals surface area contributed by atoms with Crippen LogP contribution < -0.4 is 14.8 Å². The van der Waals surface area contributed by atoms with Gasteiger partial charge in [0, 0.05) is 25.9 Å². The molecule has 9 heteroatoms. The van der Waals surface area contributed by atoms with Crippen LogP contribution in [0.5, 0.6) is 11.5 Å². The minimum Gasteiger partial charge on any atom is -0.454 e. The molecule has 1 aliphatic heterocycles. The first-order chi connectivity index (χ1) is 15.8. The molecule has 0 radical (unpaired) electrons. The molecule has 8 nitrogen and oxygen atoms in total. The standard InChI is InChI=1S/C24H23N3O5S/c1-27(2)33(29,30)19-7-3-16(4-8-19)17-5-10-22(25-14-17)26-23(28)24(11-12-24)18-6-9-20-21(13-18)32-15-31-20/h3-10,13-14H,11-12,15H2,1-2H3,(H,25,26,28). The number of pyridine rings is 1. The van der Waals surface area contributed by atoms with Gasteiger partial charge >= 0.3 is 0 Å². The van der Waals surface area contributed by atoms with Gasteiger partial charge in [0.25, 0.3) is 0 Å². The Morgan fingerprint density at radius 2 is 1.67 bits per heavy atom. The smallest absolute Gasteiger partial charge is 0.242 e. The third kappa shape index (κ3) is 3.83. The van der Waals surface area contributed by atoms with Gasteiger partial charge in [0.2, 0.25) is 22.7 Å². The molecule has 2 heterocycles. The van der Waals surface area contributed by atoms with Crippen molar-refractivity contribution >= 4 is 21.7 Å². The Hall–Kier alpha value is -3.43. The number of anilines is 1. The molecule has 1 N–H and O–H groups in total. The Bertz CT molecular complexity index is 1320. The van der Waals surface area contributed by atoms with Crippen molar-refractivity contribution in [3.63, 3.8) is 0 Å². The maximum atomic E-state index is 13.1. The highest BCUT2D eigenvalue weighted by molar-refractivity contribution is 7.89. The first-order valence-electron chi connectivity index (χ1n) is 10.5. The second-order valence-corrected chi connectivity index (χ2v) is 10.5. The fraction of sp³-hybridized carbons (Fsp3) is 0.250. The van der Waals surface area contributed by atoms with Crippen molar-refractivity contribution in [3.05, 3.63) is 66.4 Å². The van der Waals surface area contributed by atoms with Gasteiger partial charge in [-0.15, -0.1) is 0 Å². The predicted octanol–water partition coefficient (Wildman–Crippen LogP) is 3.40. The van der Waals surface area contributed by atoms with Crippen LogP contribution in [-0.2, 0) is 20.2 Å². The topological polar surface area (TPSA) is 97.8 Å². The van der Waals surface area contributed by atoms with E-state index < -0.39 is 15.4 Å². The molecule has 1 aromatic heterocycles. The molecule has 2 aliphatic rings. The van der Waals surface area contributed by atoms with E-state index in [0.29, 0.717) is 17.3 Å². The highest BCUT2D eigenvalue weighted by atomic mass is 32.2. The first kappa shape index (κ1) is 21.4. The number of aromatic nitrogens is 1. The van der Waals surface area contributed by atoms with Gasteiger partial charge in [-0.3, -0.25) is 4.79 Å². The fourth-order valence-electron chi connectivity index (χ4n) is 3.87. The van der Waals surface area contributed by atoms with E-state index in [1.165, 1.54) is 18.4 Å². The summed E-state index contributed by atoms with van der Waals surface area (Å²) in [4.78, 5) is 17.7. The van der Waals surface area contributed by atoms with Crippen LogP contribution in [0.4, 0.5) is 5.82 Å². The van der Waals surface area contributed by atoms with Crippen molar-refractivity contribution in [1.82, 2.24) is 9.29 Å². The van der Waals surface area contributed by atoms with Crippen LogP contribution in [0.3, 0.4) is 0 Å². The lowest BCUT2D eigenvalue weighted by atomic mass is 9.94. The summed E-state index contributed by atoms with van der Waals surface area (Å²) >= 11 is 0. The number of carbonyl (C=O) groups excluding carboxylic acids is 1. The molecule has 1 saturated carbocycles. The molecular weight excluding hydrogens is 442 g/mol. The molecule has 33 heavy (non-hydrogen) atoms. The highest BCUT2D eigenvalue weighted by Gasteiger charge is 2.51. The predicted molar refractivity (Wildman–Crippen MR) is 123 cm³/mol. The summed E-state index contributed by atoms with van der Waals surface area (Å²) in [5.41, 5.74) is 1.99. The average Bonchev–Trinajstić information content (AvgIpc) is 3.50. The van der Waals surface area contributed by atoms with Crippen molar-refractivity contribution in [2.45, 2.75) is 23.2 Å². The molecule has 1 fully saturated rings. The summed E-state index contributed by atoms with van der Waals surface area (Å²) in [5.74, 6) is 1.72. The van der Waals surface area contributed by atoms with E-state index in [1.54, 1.807) is 36.5 Å². The number of rotatable bonds is 6. The van der Waals surface area contributed by atoms with E-state index in [2.05, 4.69) is 10.3 Å². The summed E-state index contributed by atoms with van der Waals surface area (Å²) in [6, 6.07) is 15.8. The SMILES string of the molecule is CN(C)S(=O)(=O)c1ccc(-c2ccc(NC(=O)C3(c4ccc5c(c4)OCO5)CC3)nc2)cc1. The molecule has 0 unspecified atom stereocenters. The Labute approximate surface area is 192 Å². The van der Waals surface area contributed by atoms with Crippen molar-refractivity contribution in [2.24, 2.45) is 0 Å². The maximum absolute atomic E-state index is 13.1. The maximum Gasteiger partial charge on any atom is 0.242 e. The summed E-state index contributed by atoms with van der Waals surface area (Å²) in [6.07, 6.45) is 3.18. The lowest BCUT2D eigenvalue weighted by Gasteiger charge is -2.16. The van der Waals surface area contributed by atoms with Crippen molar-refractivity contribution in [3.8, 4) is 22.6 Å². The van der Waals surface area contributed by atoms with Gasteiger partial charge in [0.1, 0.15) is 5.82 Å². The Morgan fingerprint density at radius 3 is 2.30 bits per heavy atom. The summed E-state index contributed by atoms with van der Waals surface area (Å²) in [5, 5.41) is 2.92. The summed E-state index contributed by atoms with van der Waals surface area (Å²) < 4.78 is 36.5. The molecule has 0 bridgehead atoms. The largest absolute Gasteiger partial charge is 0.454 e. The number of sulfonamides is 1. The molecule has 0 spiro atoms. The first-order valence-corrected chi connectivity index (χ1v) is 11.9. The number of nitrogens with one attached hydrogen (secondary N) is 1. The van der Waals surface area contributed by atoms with Gasteiger partial charge in [-0.1, -0.05) is 18.2 Å². The van der Waals surface area contributed by atoms with Crippen LogP contribution in [0.1, 0.15) is 18.4 Å². The zero-order valence-corrected chi connectivity index (χ0v) is 19.1. The monoisotopic (exact) mass is 465 g/mol. The van der Waals surface area contributed by atoms with E-state index >= 15 is 0 Å². The second kappa shape index (κ2) is 7.86. The molecular formula is C24H23N3O5S. The molecule has 0 saturated heterocycles. The molecule has 0 atom stereocenters. The van der Waals surface area contributed by atoms with E-state index in [4.69, 9.17) is 9.47 Å². The number of nitrogens with zero attached hydrogens (tertiary/aromatic N) is 2. The van der Waals surface area contributed by atoms with Crippen LogP contribution >= 0.6 is 0 Å². The molecule has 3 aromatic rings. The van der Waals surface area contributed by atoms with Crippen LogP contribution in [0, 0.1) is 0 Å². The second-order valence-electron chi connectivity index (χ2n) is 8.35.